The van der Waals surface area contributed by atoms with Gasteiger partial charge in [0.05, 0.1) is 6.26 Å². The molecule has 0 aliphatic heterocycles. The fraction of sp³-hybridized carbons (Fsp3) is 0.400. The summed E-state index contributed by atoms with van der Waals surface area (Å²) < 4.78 is 5.26. The zero-order valence-corrected chi connectivity index (χ0v) is 13.3. The molecule has 22 heavy (non-hydrogen) atoms. The van der Waals surface area contributed by atoms with Crippen LogP contribution in [0.5, 0.6) is 0 Å². The molecule has 0 spiro atoms. The molecule has 0 aliphatic rings. The smallest absolute Gasteiger partial charge is 0.326 e. The number of aliphatic carboxylic acids is 1. The highest BCUT2D eigenvalue weighted by atomic mass is 32.1. The second-order valence-electron chi connectivity index (χ2n) is 4.91. The van der Waals surface area contributed by atoms with E-state index in [-0.39, 0.29) is 5.69 Å². The predicted molar refractivity (Wildman–Crippen MR) is 83.0 cm³/mol. The van der Waals surface area contributed by atoms with Crippen LogP contribution in [0.15, 0.2) is 22.8 Å². The van der Waals surface area contributed by atoms with Crippen LogP contribution < -0.4 is 5.32 Å². The van der Waals surface area contributed by atoms with Crippen LogP contribution in [0.4, 0.5) is 0 Å². The molecule has 0 saturated heterocycles. The molecule has 7 heteroatoms. The summed E-state index contributed by atoms with van der Waals surface area (Å²) in [5, 5.41) is 12.3. The lowest BCUT2D eigenvalue weighted by molar-refractivity contribution is -0.139. The minimum Gasteiger partial charge on any atom is -0.480 e. The van der Waals surface area contributed by atoms with Gasteiger partial charge in [-0.15, -0.1) is 11.3 Å². The van der Waals surface area contributed by atoms with Gasteiger partial charge in [0.1, 0.15) is 11.7 Å². The van der Waals surface area contributed by atoms with Crippen LogP contribution in [0.1, 0.15) is 41.6 Å². The second-order valence-corrected chi connectivity index (χ2v) is 6.11. The number of nitrogens with one attached hydrogen (secondary N) is 1. The third-order valence-electron chi connectivity index (χ3n) is 3.19. The second kappa shape index (κ2) is 7.22. The van der Waals surface area contributed by atoms with Gasteiger partial charge in [0.2, 0.25) is 0 Å². The summed E-state index contributed by atoms with van der Waals surface area (Å²) in [7, 11) is 0. The number of carboxylic acid groups (broad SMARTS) is 1. The quantitative estimate of drug-likeness (QED) is 0.817. The molecule has 118 valence electrons. The van der Waals surface area contributed by atoms with Crippen LogP contribution in [0.3, 0.4) is 0 Å². The maximum Gasteiger partial charge on any atom is 0.326 e. The summed E-state index contributed by atoms with van der Waals surface area (Å²) >= 11 is 1.34. The lowest BCUT2D eigenvalue weighted by Crippen LogP contribution is -2.41. The monoisotopic (exact) mass is 322 g/mol. The molecule has 0 aromatic carbocycles. The number of rotatable bonds is 7. The molecule has 2 N–H and O–H groups in total. The lowest BCUT2D eigenvalue weighted by Gasteiger charge is -2.13. The van der Waals surface area contributed by atoms with Crippen molar-refractivity contribution in [1.82, 2.24) is 10.3 Å². The fourth-order valence-corrected chi connectivity index (χ4v) is 2.88. The molecule has 0 bridgehead atoms. The Hall–Kier alpha value is -2.15. The number of aryl methyl sites for hydroxylation is 1. The van der Waals surface area contributed by atoms with Crippen molar-refractivity contribution in [2.45, 2.75) is 39.2 Å². The predicted octanol–water partition coefficient (Wildman–Crippen LogP) is 3.08. The first-order chi connectivity index (χ1) is 10.5. The average molecular weight is 322 g/mol. The number of hydrogen-bond donors (Lipinski definition) is 2. The Balaban J connectivity index is 2.13. The largest absolute Gasteiger partial charge is 0.480 e. The highest BCUT2D eigenvalue weighted by molar-refractivity contribution is 7.15. The molecule has 1 atom stereocenters. The van der Waals surface area contributed by atoms with Crippen LogP contribution in [0.2, 0.25) is 0 Å². The maximum absolute atomic E-state index is 12.3. The number of thiazole rings is 1. The van der Waals surface area contributed by atoms with E-state index >= 15 is 0 Å². The summed E-state index contributed by atoms with van der Waals surface area (Å²) in [5.74, 6) is -0.899. The van der Waals surface area contributed by atoms with Crippen LogP contribution in [0.25, 0.3) is 10.8 Å². The first kappa shape index (κ1) is 16.2. The van der Waals surface area contributed by atoms with E-state index in [1.807, 2.05) is 6.92 Å². The number of unbranched alkanes of at least 4 members (excludes halogenated alkanes) is 1. The van der Waals surface area contributed by atoms with E-state index in [1.54, 1.807) is 19.1 Å². The number of hydrogen-bond acceptors (Lipinski definition) is 5. The Morgan fingerprint density at radius 2 is 2.27 bits per heavy atom. The molecule has 0 fully saturated rings. The topological polar surface area (TPSA) is 92.4 Å². The Kier molecular flexibility index (Phi) is 5.32. The Morgan fingerprint density at radius 1 is 1.50 bits per heavy atom. The molecular formula is C15H18N2O4S. The van der Waals surface area contributed by atoms with Gasteiger partial charge >= 0.3 is 5.97 Å². The van der Waals surface area contributed by atoms with Crippen molar-refractivity contribution in [2.75, 3.05) is 0 Å². The molecule has 2 heterocycles. The van der Waals surface area contributed by atoms with Crippen molar-refractivity contribution in [2.24, 2.45) is 0 Å². The van der Waals surface area contributed by atoms with Crippen LogP contribution in [-0.2, 0) is 4.79 Å². The van der Waals surface area contributed by atoms with Gasteiger partial charge in [0.15, 0.2) is 10.8 Å². The molecule has 6 nitrogen and oxygen atoms in total. The van der Waals surface area contributed by atoms with E-state index in [0.29, 0.717) is 17.2 Å². The number of nitrogens with zero attached hydrogens (tertiary/aromatic N) is 1. The van der Waals surface area contributed by atoms with Gasteiger partial charge < -0.3 is 14.8 Å². The van der Waals surface area contributed by atoms with E-state index < -0.39 is 17.9 Å². The van der Waals surface area contributed by atoms with Crippen molar-refractivity contribution >= 4 is 23.2 Å². The van der Waals surface area contributed by atoms with Crippen molar-refractivity contribution in [1.29, 1.82) is 0 Å². The molecule has 0 aliphatic carbocycles. The van der Waals surface area contributed by atoms with Crippen molar-refractivity contribution in [3.63, 3.8) is 0 Å². The van der Waals surface area contributed by atoms with E-state index in [2.05, 4.69) is 10.3 Å². The van der Waals surface area contributed by atoms with E-state index in [9.17, 15) is 14.7 Å². The summed E-state index contributed by atoms with van der Waals surface area (Å²) in [4.78, 5) is 28.5. The SMILES string of the molecule is CCCCC(NC(=O)c1nc(-c2ccco2)sc1C)C(=O)O. The van der Waals surface area contributed by atoms with Crippen molar-refractivity contribution in [3.05, 3.63) is 29.0 Å². The number of carboxylic acids is 1. The highest BCUT2D eigenvalue weighted by Gasteiger charge is 2.23. The maximum atomic E-state index is 12.3. The zero-order chi connectivity index (χ0) is 16.1. The lowest BCUT2D eigenvalue weighted by atomic mass is 10.1. The normalized spacial score (nSPS) is 12.1. The van der Waals surface area contributed by atoms with Gasteiger partial charge in [0, 0.05) is 4.88 Å². The number of aromatic nitrogens is 1. The van der Waals surface area contributed by atoms with Crippen LogP contribution in [-0.4, -0.2) is 28.0 Å². The molecule has 1 amide bonds. The molecule has 2 rings (SSSR count). The molecule has 2 aromatic heterocycles. The molecule has 1 unspecified atom stereocenters. The molecule has 0 radical (unpaired) electrons. The Labute approximate surface area is 132 Å². The van der Waals surface area contributed by atoms with Gasteiger partial charge in [0.25, 0.3) is 5.91 Å². The van der Waals surface area contributed by atoms with Gasteiger partial charge in [-0.3, -0.25) is 4.79 Å². The highest BCUT2D eigenvalue weighted by Crippen LogP contribution is 2.27. The Morgan fingerprint density at radius 3 is 2.86 bits per heavy atom. The number of carbonyl (C=O) groups excluding carboxylic acids is 1. The summed E-state index contributed by atoms with van der Waals surface area (Å²) in [5.41, 5.74) is 0.249. The first-order valence-corrected chi connectivity index (χ1v) is 7.89. The van der Waals surface area contributed by atoms with E-state index in [4.69, 9.17) is 4.42 Å². The number of amides is 1. The van der Waals surface area contributed by atoms with Gasteiger partial charge in [-0.2, -0.15) is 0 Å². The molecule has 2 aromatic rings. The standard InChI is InChI=1S/C15H18N2O4S/c1-3-4-6-10(15(19)20)16-13(18)12-9(2)22-14(17-12)11-7-5-8-21-11/h5,7-8,10H,3-4,6H2,1-2H3,(H,16,18)(H,19,20). The average Bonchev–Trinajstić information content (AvgIpc) is 3.11. The summed E-state index contributed by atoms with van der Waals surface area (Å²) in [6, 6.07) is 2.62. The Bertz CT molecular complexity index is 649. The summed E-state index contributed by atoms with van der Waals surface area (Å²) in [6.45, 7) is 3.75. The van der Waals surface area contributed by atoms with Crippen LogP contribution in [0, 0.1) is 6.92 Å². The summed E-state index contributed by atoms with van der Waals surface area (Å²) in [6.07, 6.45) is 3.56. The van der Waals surface area contributed by atoms with Crippen molar-refractivity contribution < 1.29 is 19.1 Å². The minimum atomic E-state index is -1.03. The molecular weight excluding hydrogens is 304 g/mol. The minimum absolute atomic E-state index is 0.249. The number of carbonyl (C=O) groups is 2. The van der Waals surface area contributed by atoms with Crippen LogP contribution >= 0.6 is 11.3 Å². The third kappa shape index (κ3) is 3.73. The molecule has 0 saturated carbocycles. The van der Waals surface area contributed by atoms with Gasteiger partial charge in [-0.25, -0.2) is 9.78 Å². The number of furan rings is 1. The van der Waals surface area contributed by atoms with Gasteiger partial charge in [-0.05, 0) is 25.5 Å². The van der Waals surface area contributed by atoms with Gasteiger partial charge in [-0.1, -0.05) is 19.8 Å². The third-order valence-corrected chi connectivity index (χ3v) is 4.18. The van der Waals surface area contributed by atoms with Crippen molar-refractivity contribution in [3.8, 4) is 10.8 Å². The fourth-order valence-electron chi connectivity index (χ4n) is 2.00. The van der Waals surface area contributed by atoms with E-state index in [1.165, 1.54) is 17.6 Å². The van der Waals surface area contributed by atoms with E-state index in [0.717, 1.165) is 17.7 Å². The first-order valence-electron chi connectivity index (χ1n) is 7.08. The zero-order valence-electron chi connectivity index (χ0n) is 12.5.